The van der Waals surface area contributed by atoms with Crippen molar-refractivity contribution in [2.24, 2.45) is 0 Å². The van der Waals surface area contributed by atoms with Gasteiger partial charge < -0.3 is 4.74 Å². The highest BCUT2D eigenvalue weighted by Crippen LogP contribution is 2.28. The zero-order valence-electron chi connectivity index (χ0n) is 9.61. The lowest BCUT2D eigenvalue weighted by Crippen LogP contribution is -1.90. The van der Waals surface area contributed by atoms with E-state index >= 15 is 0 Å². The molecule has 0 amide bonds. The predicted octanol–water partition coefficient (Wildman–Crippen LogP) is 4.39. The molecule has 0 unspecified atom stereocenters. The minimum absolute atomic E-state index is 0.302. The van der Waals surface area contributed by atoms with E-state index in [0.717, 1.165) is 5.56 Å². The minimum Gasteiger partial charge on any atom is -0.457 e. The molecule has 4 heteroatoms. The van der Waals surface area contributed by atoms with E-state index in [-0.39, 0.29) is 5.82 Å². The van der Waals surface area contributed by atoms with Gasteiger partial charge in [-0.1, -0.05) is 17.7 Å². The van der Waals surface area contributed by atoms with Crippen molar-refractivity contribution in [2.45, 2.75) is 6.92 Å². The number of carbonyl (C=O) groups is 1. The van der Waals surface area contributed by atoms with Crippen molar-refractivity contribution in [3.05, 3.63) is 58.4 Å². The fourth-order valence-electron chi connectivity index (χ4n) is 1.48. The number of benzene rings is 2. The molecule has 0 fully saturated rings. The molecule has 0 N–H and O–H groups in total. The maximum Gasteiger partial charge on any atom is 0.151 e. The number of halogens is 2. The number of rotatable bonds is 3. The van der Waals surface area contributed by atoms with Crippen molar-refractivity contribution >= 4 is 17.9 Å². The molecule has 2 aromatic carbocycles. The van der Waals surface area contributed by atoms with E-state index < -0.39 is 0 Å². The summed E-state index contributed by atoms with van der Waals surface area (Å²) in [5.41, 5.74) is 1.20. The highest BCUT2D eigenvalue weighted by molar-refractivity contribution is 6.33. The van der Waals surface area contributed by atoms with Gasteiger partial charge in [0.1, 0.15) is 17.3 Å². The summed E-state index contributed by atoms with van der Waals surface area (Å²) in [6.45, 7) is 1.82. The lowest BCUT2D eigenvalue weighted by Gasteiger charge is -2.09. The summed E-state index contributed by atoms with van der Waals surface area (Å²) in [6, 6.07) is 8.99. The first-order valence-corrected chi connectivity index (χ1v) is 5.66. The van der Waals surface area contributed by atoms with Crippen LogP contribution >= 0.6 is 11.6 Å². The number of aldehydes is 1. The van der Waals surface area contributed by atoms with E-state index in [0.29, 0.717) is 28.4 Å². The van der Waals surface area contributed by atoms with Crippen LogP contribution in [-0.2, 0) is 0 Å². The fourth-order valence-corrected chi connectivity index (χ4v) is 1.69. The van der Waals surface area contributed by atoms with E-state index in [4.69, 9.17) is 16.3 Å². The first-order chi connectivity index (χ1) is 8.60. The van der Waals surface area contributed by atoms with Crippen LogP contribution in [0.1, 0.15) is 15.9 Å². The van der Waals surface area contributed by atoms with Gasteiger partial charge in [-0.3, -0.25) is 4.79 Å². The first kappa shape index (κ1) is 12.6. The number of hydrogen-bond donors (Lipinski definition) is 0. The van der Waals surface area contributed by atoms with Gasteiger partial charge in [0.15, 0.2) is 6.29 Å². The quantitative estimate of drug-likeness (QED) is 0.769. The molecule has 0 bridgehead atoms. The molecule has 0 saturated carbocycles. The van der Waals surface area contributed by atoms with Crippen LogP contribution in [0.3, 0.4) is 0 Å². The van der Waals surface area contributed by atoms with Gasteiger partial charge in [-0.15, -0.1) is 0 Å². The van der Waals surface area contributed by atoms with Crippen LogP contribution in [0.15, 0.2) is 36.4 Å². The Morgan fingerprint density at radius 3 is 2.67 bits per heavy atom. The van der Waals surface area contributed by atoms with Crippen molar-refractivity contribution in [1.82, 2.24) is 0 Å². The van der Waals surface area contributed by atoms with E-state index in [9.17, 15) is 9.18 Å². The van der Waals surface area contributed by atoms with E-state index in [1.165, 1.54) is 18.2 Å². The predicted molar refractivity (Wildman–Crippen MR) is 68.1 cm³/mol. The normalized spacial score (nSPS) is 10.2. The highest BCUT2D eigenvalue weighted by atomic mass is 35.5. The largest absolute Gasteiger partial charge is 0.457 e. The van der Waals surface area contributed by atoms with Crippen molar-refractivity contribution in [2.75, 3.05) is 0 Å². The molecule has 0 heterocycles. The summed E-state index contributed by atoms with van der Waals surface area (Å²) >= 11 is 5.88. The molecular weight excluding hydrogens is 255 g/mol. The van der Waals surface area contributed by atoms with Crippen molar-refractivity contribution in [1.29, 1.82) is 0 Å². The monoisotopic (exact) mass is 264 g/mol. The summed E-state index contributed by atoms with van der Waals surface area (Å²) < 4.78 is 18.6. The second-order valence-electron chi connectivity index (χ2n) is 3.81. The van der Waals surface area contributed by atoms with E-state index in [2.05, 4.69) is 0 Å². The third kappa shape index (κ3) is 2.68. The Kier molecular flexibility index (Phi) is 3.63. The van der Waals surface area contributed by atoms with Crippen molar-refractivity contribution in [3.8, 4) is 11.5 Å². The zero-order valence-corrected chi connectivity index (χ0v) is 10.4. The van der Waals surface area contributed by atoms with E-state index in [1.807, 2.05) is 6.92 Å². The maximum atomic E-state index is 13.1. The van der Waals surface area contributed by atoms with Crippen LogP contribution in [0.25, 0.3) is 0 Å². The third-order valence-electron chi connectivity index (χ3n) is 2.48. The average molecular weight is 265 g/mol. The van der Waals surface area contributed by atoms with Gasteiger partial charge in [-0.2, -0.15) is 0 Å². The van der Waals surface area contributed by atoms with Crippen LogP contribution < -0.4 is 4.74 Å². The van der Waals surface area contributed by atoms with E-state index in [1.54, 1.807) is 18.2 Å². The van der Waals surface area contributed by atoms with Crippen molar-refractivity contribution in [3.63, 3.8) is 0 Å². The molecule has 0 spiro atoms. The summed E-state index contributed by atoms with van der Waals surface area (Å²) in [6.07, 6.45) is 0.666. The molecule has 0 aliphatic carbocycles. The first-order valence-electron chi connectivity index (χ1n) is 5.29. The molecule has 0 saturated heterocycles. The molecule has 92 valence electrons. The Balaban J connectivity index is 2.31. The molecule has 18 heavy (non-hydrogen) atoms. The maximum absolute atomic E-state index is 13.1. The van der Waals surface area contributed by atoms with Crippen LogP contribution in [0.4, 0.5) is 4.39 Å². The summed E-state index contributed by atoms with van der Waals surface area (Å²) in [4.78, 5) is 10.6. The molecule has 0 aliphatic heterocycles. The van der Waals surface area contributed by atoms with Gasteiger partial charge in [0, 0.05) is 17.7 Å². The average Bonchev–Trinajstić information content (AvgIpc) is 2.34. The second-order valence-corrected chi connectivity index (χ2v) is 4.22. The van der Waals surface area contributed by atoms with Crippen LogP contribution in [-0.4, -0.2) is 6.29 Å². The molecule has 2 nitrogen and oxygen atoms in total. The molecule has 2 rings (SSSR count). The molecule has 0 aliphatic rings. The highest BCUT2D eigenvalue weighted by Gasteiger charge is 2.06. The Bertz CT molecular complexity index is 596. The smallest absolute Gasteiger partial charge is 0.151 e. The molecule has 0 radical (unpaired) electrons. The lowest BCUT2D eigenvalue weighted by molar-refractivity contribution is 0.112. The topological polar surface area (TPSA) is 26.3 Å². The Morgan fingerprint density at radius 1 is 1.22 bits per heavy atom. The molecule has 0 aromatic heterocycles. The molecular formula is C14H10ClFO2. The number of carbonyl (C=O) groups excluding carboxylic acids is 1. The van der Waals surface area contributed by atoms with Crippen LogP contribution in [0.5, 0.6) is 11.5 Å². The fraction of sp³-hybridized carbons (Fsp3) is 0.0714. The molecule has 2 aromatic rings. The van der Waals surface area contributed by atoms with Crippen LogP contribution in [0, 0.1) is 12.7 Å². The zero-order chi connectivity index (χ0) is 13.1. The van der Waals surface area contributed by atoms with Gasteiger partial charge in [-0.05, 0) is 30.7 Å². The minimum atomic E-state index is -0.369. The standard InChI is InChI=1S/C14H10ClFO2/c1-9-2-4-11(16)6-14(9)18-12-5-3-10(8-17)13(15)7-12/h2-8H,1H3. The van der Waals surface area contributed by atoms with Gasteiger partial charge >= 0.3 is 0 Å². The van der Waals surface area contributed by atoms with Crippen LogP contribution in [0.2, 0.25) is 5.02 Å². The number of ether oxygens (including phenoxy) is 1. The van der Waals surface area contributed by atoms with Gasteiger partial charge in [0.2, 0.25) is 0 Å². The third-order valence-corrected chi connectivity index (χ3v) is 2.80. The second kappa shape index (κ2) is 5.19. The van der Waals surface area contributed by atoms with Gasteiger partial charge in [0.25, 0.3) is 0 Å². The Hall–Kier alpha value is -1.87. The summed E-state index contributed by atoms with van der Waals surface area (Å²) in [5.74, 6) is 0.510. The molecule has 0 atom stereocenters. The van der Waals surface area contributed by atoms with Crippen molar-refractivity contribution < 1.29 is 13.9 Å². The number of hydrogen-bond acceptors (Lipinski definition) is 2. The number of aryl methyl sites for hydroxylation is 1. The Labute approximate surface area is 109 Å². The lowest BCUT2D eigenvalue weighted by atomic mass is 10.2. The summed E-state index contributed by atoms with van der Waals surface area (Å²) in [7, 11) is 0. The van der Waals surface area contributed by atoms with Gasteiger partial charge in [-0.25, -0.2) is 4.39 Å². The summed E-state index contributed by atoms with van der Waals surface area (Å²) in [5, 5.41) is 0.302. The SMILES string of the molecule is Cc1ccc(F)cc1Oc1ccc(C=O)c(Cl)c1. The van der Waals surface area contributed by atoms with Gasteiger partial charge in [0.05, 0.1) is 5.02 Å². The Morgan fingerprint density at radius 2 is 2.00 bits per heavy atom.